The molecule has 2 aliphatic rings. The topological polar surface area (TPSA) is 52.7 Å². The second kappa shape index (κ2) is 6.52. The minimum Gasteiger partial charge on any atom is -0.314 e. The summed E-state index contributed by atoms with van der Waals surface area (Å²) >= 11 is 0. The molecule has 0 amide bonds. The Bertz CT molecular complexity index is 371. The Hall–Kier alpha value is -0.170. The Kier molecular flexibility index (Phi) is 5.22. The van der Waals surface area contributed by atoms with Gasteiger partial charge < -0.3 is 10.2 Å². The number of nitrogens with one attached hydrogen (secondary N) is 1. The van der Waals surface area contributed by atoms with Crippen molar-refractivity contribution in [3.63, 3.8) is 0 Å². The van der Waals surface area contributed by atoms with E-state index in [1.165, 1.54) is 12.8 Å². The van der Waals surface area contributed by atoms with Gasteiger partial charge in [-0.1, -0.05) is 0 Å². The molecular formula is C13H27N3O2S. The summed E-state index contributed by atoms with van der Waals surface area (Å²) in [6.07, 6.45) is 5.14. The molecule has 0 spiro atoms. The largest absolute Gasteiger partial charge is 0.314 e. The minimum atomic E-state index is -3.04. The van der Waals surface area contributed by atoms with Crippen molar-refractivity contribution in [1.82, 2.24) is 14.5 Å². The van der Waals surface area contributed by atoms with Gasteiger partial charge >= 0.3 is 0 Å². The molecule has 2 fully saturated rings. The van der Waals surface area contributed by atoms with Crippen LogP contribution in [0, 0.1) is 0 Å². The first-order chi connectivity index (χ1) is 8.99. The van der Waals surface area contributed by atoms with E-state index in [1.807, 2.05) is 0 Å². The van der Waals surface area contributed by atoms with E-state index in [0.717, 1.165) is 25.8 Å². The molecular weight excluding hydrogens is 262 g/mol. The highest BCUT2D eigenvalue weighted by molar-refractivity contribution is 7.89. The van der Waals surface area contributed by atoms with Gasteiger partial charge in [0.05, 0.1) is 5.75 Å². The van der Waals surface area contributed by atoms with Crippen LogP contribution in [0.1, 0.15) is 32.1 Å². The second-order valence-electron chi connectivity index (χ2n) is 5.99. The number of sulfonamides is 1. The van der Waals surface area contributed by atoms with Crippen molar-refractivity contribution in [1.29, 1.82) is 0 Å². The summed E-state index contributed by atoms with van der Waals surface area (Å²) in [5, 5.41) is 3.36. The van der Waals surface area contributed by atoms with Crippen molar-refractivity contribution in [3.8, 4) is 0 Å². The molecule has 1 heterocycles. The van der Waals surface area contributed by atoms with Gasteiger partial charge in [0.25, 0.3) is 0 Å². The molecule has 112 valence electrons. The first-order valence-electron chi connectivity index (χ1n) is 7.36. The number of nitrogens with zero attached hydrogens (tertiary/aromatic N) is 2. The van der Waals surface area contributed by atoms with Crippen LogP contribution in [0.15, 0.2) is 0 Å². The van der Waals surface area contributed by atoms with Gasteiger partial charge in [-0.25, -0.2) is 12.7 Å². The van der Waals surface area contributed by atoms with E-state index < -0.39 is 10.0 Å². The summed E-state index contributed by atoms with van der Waals surface area (Å²) in [6.45, 7) is 2.19. The number of hydrogen-bond acceptors (Lipinski definition) is 4. The van der Waals surface area contributed by atoms with E-state index in [0.29, 0.717) is 30.9 Å². The van der Waals surface area contributed by atoms with E-state index in [-0.39, 0.29) is 0 Å². The van der Waals surface area contributed by atoms with Crippen molar-refractivity contribution < 1.29 is 8.42 Å². The summed E-state index contributed by atoms with van der Waals surface area (Å²) in [4.78, 5) is 2.20. The third kappa shape index (κ3) is 4.70. The Morgan fingerprint density at radius 1 is 1.16 bits per heavy atom. The zero-order chi connectivity index (χ0) is 13.9. The normalized spacial score (nSPS) is 23.1. The van der Waals surface area contributed by atoms with Gasteiger partial charge in [0.15, 0.2) is 0 Å². The van der Waals surface area contributed by atoms with E-state index in [4.69, 9.17) is 0 Å². The first kappa shape index (κ1) is 15.2. The van der Waals surface area contributed by atoms with Gasteiger partial charge in [-0.15, -0.1) is 0 Å². The Balaban J connectivity index is 1.70. The maximum absolute atomic E-state index is 12.2. The maximum Gasteiger partial charge on any atom is 0.214 e. The van der Waals surface area contributed by atoms with Gasteiger partial charge in [0.1, 0.15) is 0 Å². The quantitative estimate of drug-likeness (QED) is 0.693. The molecule has 0 radical (unpaired) electrons. The standard InChI is InChI=1S/C13H27N3O2S/c1-15(2)13-6-9-16(10-7-13)19(17,18)11-3-8-14-12-4-5-12/h12-14H,3-11H2,1-2H3. The summed E-state index contributed by atoms with van der Waals surface area (Å²) in [5.74, 6) is 0.291. The molecule has 0 atom stereocenters. The van der Waals surface area contributed by atoms with Crippen LogP contribution in [-0.2, 0) is 10.0 Å². The third-order valence-corrected chi connectivity index (χ3v) is 6.09. The molecule has 0 aromatic heterocycles. The zero-order valence-electron chi connectivity index (χ0n) is 12.1. The van der Waals surface area contributed by atoms with Gasteiger partial charge in [0, 0.05) is 25.2 Å². The molecule has 1 saturated heterocycles. The van der Waals surface area contributed by atoms with Crippen LogP contribution in [0.2, 0.25) is 0 Å². The lowest BCUT2D eigenvalue weighted by molar-refractivity contribution is 0.196. The Morgan fingerprint density at radius 2 is 1.79 bits per heavy atom. The SMILES string of the molecule is CN(C)C1CCN(S(=O)(=O)CCCNC2CC2)CC1. The first-order valence-corrected chi connectivity index (χ1v) is 8.97. The molecule has 19 heavy (non-hydrogen) atoms. The van der Waals surface area contributed by atoms with Crippen LogP contribution < -0.4 is 5.32 Å². The average Bonchev–Trinajstić information content (AvgIpc) is 3.19. The van der Waals surface area contributed by atoms with Gasteiger partial charge in [0.2, 0.25) is 10.0 Å². The van der Waals surface area contributed by atoms with E-state index in [2.05, 4.69) is 24.3 Å². The van der Waals surface area contributed by atoms with Crippen molar-refractivity contribution >= 4 is 10.0 Å². The summed E-state index contributed by atoms with van der Waals surface area (Å²) in [5.41, 5.74) is 0. The van der Waals surface area contributed by atoms with Crippen LogP contribution in [0.3, 0.4) is 0 Å². The fourth-order valence-electron chi connectivity index (χ4n) is 2.61. The highest BCUT2D eigenvalue weighted by atomic mass is 32.2. The van der Waals surface area contributed by atoms with Crippen LogP contribution in [0.5, 0.6) is 0 Å². The lowest BCUT2D eigenvalue weighted by Crippen LogP contribution is -2.45. The summed E-state index contributed by atoms with van der Waals surface area (Å²) in [7, 11) is 1.10. The molecule has 0 bridgehead atoms. The van der Waals surface area contributed by atoms with Gasteiger partial charge in [-0.3, -0.25) is 0 Å². The van der Waals surface area contributed by atoms with Crippen molar-refractivity contribution in [2.24, 2.45) is 0 Å². The number of piperidine rings is 1. The van der Waals surface area contributed by atoms with Crippen molar-refractivity contribution in [2.45, 2.75) is 44.2 Å². The highest BCUT2D eigenvalue weighted by Gasteiger charge is 2.28. The van der Waals surface area contributed by atoms with E-state index in [9.17, 15) is 8.42 Å². The molecule has 1 N–H and O–H groups in total. The molecule has 0 unspecified atom stereocenters. The summed E-state index contributed by atoms with van der Waals surface area (Å²) in [6, 6.07) is 1.20. The predicted octanol–water partition coefficient (Wildman–Crippen LogP) is 0.484. The lowest BCUT2D eigenvalue weighted by atomic mass is 10.1. The highest BCUT2D eigenvalue weighted by Crippen LogP contribution is 2.19. The molecule has 2 rings (SSSR count). The van der Waals surface area contributed by atoms with Crippen LogP contribution in [-0.4, -0.2) is 69.2 Å². The van der Waals surface area contributed by atoms with Crippen LogP contribution >= 0.6 is 0 Å². The van der Waals surface area contributed by atoms with Gasteiger partial charge in [-0.2, -0.15) is 0 Å². The number of rotatable bonds is 7. The van der Waals surface area contributed by atoms with Crippen molar-refractivity contribution in [3.05, 3.63) is 0 Å². The molecule has 6 heteroatoms. The van der Waals surface area contributed by atoms with E-state index in [1.54, 1.807) is 4.31 Å². The van der Waals surface area contributed by atoms with Gasteiger partial charge in [-0.05, 0) is 52.7 Å². The molecule has 1 saturated carbocycles. The van der Waals surface area contributed by atoms with Crippen molar-refractivity contribution in [2.75, 3.05) is 39.5 Å². The molecule has 1 aliphatic heterocycles. The van der Waals surface area contributed by atoms with Crippen LogP contribution in [0.4, 0.5) is 0 Å². The predicted molar refractivity (Wildman–Crippen MR) is 77.7 cm³/mol. The molecule has 0 aromatic carbocycles. The lowest BCUT2D eigenvalue weighted by Gasteiger charge is -2.34. The average molecular weight is 289 g/mol. The minimum absolute atomic E-state index is 0.291. The molecule has 5 nitrogen and oxygen atoms in total. The number of hydrogen-bond donors (Lipinski definition) is 1. The molecule has 0 aromatic rings. The Labute approximate surface area is 117 Å². The summed E-state index contributed by atoms with van der Waals surface area (Å²) < 4.78 is 26.1. The monoisotopic (exact) mass is 289 g/mol. The Morgan fingerprint density at radius 3 is 2.32 bits per heavy atom. The smallest absolute Gasteiger partial charge is 0.214 e. The van der Waals surface area contributed by atoms with E-state index >= 15 is 0 Å². The maximum atomic E-state index is 12.2. The fraction of sp³-hybridized carbons (Fsp3) is 1.00. The molecule has 1 aliphatic carbocycles. The fourth-order valence-corrected chi connectivity index (χ4v) is 4.15. The third-order valence-electron chi connectivity index (χ3n) is 4.14. The zero-order valence-corrected chi connectivity index (χ0v) is 13.0. The second-order valence-corrected chi connectivity index (χ2v) is 8.08. The van der Waals surface area contributed by atoms with Crippen LogP contribution in [0.25, 0.3) is 0 Å².